The zero-order chi connectivity index (χ0) is 28.8. The molecule has 0 aromatic heterocycles. The average molecular weight is 547 g/mol. The lowest BCUT2D eigenvalue weighted by atomic mass is 9.95. The zero-order valence-electron chi connectivity index (χ0n) is 22.2. The normalized spacial score (nSPS) is 11.0. The van der Waals surface area contributed by atoms with Crippen molar-refractivity contribution in [1.29, 1.82) is 0 Å². The van der Waals surface area contributed by atoms with Gasteiger partial charge in [0.05, 0.1) is 12.8 Å². The van der Waals surface area contributed by atoms with E-state index in [9.17, 15) is 33.9 Å². The van der Waals surface area contributed by atoms with E-state index >= 15 is 0 Å². The fourth-order valence-electron chi connectivity index (χ4n) is 3.84. The summed E-state index contributed by atoms with van der Waals surface area (Å²) in [6.45, 7) is 2.22. The molecule has 0 aliphatic rings. The van der Waals surface area contributed by atoms with Gasteiger partial charge in [0, 0.05) is 6.42 Å². The van der Waals surface area contributed by atoms with Crippen LogP contribution in [0.2, 0.25) is 0 Å². The van der Waals surface area contributed by atoms with Gasteiger partial charge in [0.2, 0.25) is 0 Å². The van der Waals surface area contributed by atoms with Crippen LogP contribution in [0.4, 0.5) is 9.59 Å². The number of esters is 4. The molecular weight excluding hydrogens is 504 g/mol. The number of carbonyl (C=O) groups is 6. The number of unbranched alkanes of at least 4 members (excludes halogenated alkanes) is 14. The highest BCUT2D eigenvalue weighted by Crippen LogP contribution is 2.21. The van der Waals surface area contributed by atoms with Crippen LogP contribution in [0.15, 0.2) is 0 Å². The highest BCUT2D eigenvalue weighted by molar-refractivity contribution is 5.97. The molecule has 0 radical (unpaired) electrons. The van der Waals surface area contributed by atoms with E-state index < -0.39 is 54.6 Å². The molecule has 12 heteroatoms. The molecule has 0 aromatic carbocycles. The summed E-state index contributed by atoms with van der Waals surface area (Å²) in [7, 11) is 0. The Balaban J connectivity index is 4.23. The first-order valence-electron chi connectivity index (χ1n) is 13.3. The third-order valence-corrected chi connectivity index (χ3v) is 5.85. The van der Waals surface area contributed by atoms with Gasteiger partial charge in [0.25, 0.3) is 0 Å². The first kappa shape index (κ1) is 35.0. The van der Waals surface area contributed by atoms with Gasteiger partial charge in [0.1, 0.15) is 0 Å². The van der Waals surface area contributed by atoms with Gasteiger partial charge in [-0.1, -0.05) is 96.8 Å². The third kappa shape index (κ3) is 19.1. The van der Waals surface area contributed by atoms with Crippen molar-refractivity contribution in [2.45, 2.75) is 128 Å². The van der Waals surface area contributed by atoms with Crippen LogP contribution in [0, 0.1) is 0 Å². The van der Waals surface area contributed by atoms with Gasteiger partial charge < -0.3 is 29.5 Å². The monoisotopic (exact) mass is 546 g/mol. The maximum Gasteiger partial charge on any atom is 0.513 e. The maximum absolute atomic E-state index is 12.3. The molecule has 0 spiro atoms. The number of carboxylic acid groups (broad SMARTS) is 2. The van der Waals surface area contributed by atoms with E-state index in [1.807, 2.05) is 0 Å². The lowest BCUT2D eigenvalue weighted by Gasteiger charge is -2.22. The largest absolute Gasteiger partial charge is 0.513 e. The van der Waals surface area contributed by atoms with Gasteiger partial charge in [-0.05, 0) is 6.42 Å². The van der Waals surface area contributed by atoms with Crippen molar-refractivity contribution in [1.82, 2.24) is 0 Å². The molecule has 218 valence electrons. The quantitative estimate of drug-likeness (QED) is 0.0732. The van der Waals surface area contributed by atoms with Gasteiger partial charge in [0.15, 0.2) is 5.60 Å². The smallest absolute Gasteiger partial charge is 0.449 e. The van der Waals surface area contributed by atoms with Crippen molar-refractivity contribution in [3.05, 3.63) is 0 Å². The second-order valence-electron chi connectivity index (χ2n) is 9.33. The maximum atomic E-state index is 12.3. The number of rotatable bonds is 21. The van der Waals surface area contributed by atoms with E-state index in [4.69, 9.17) is 10.2 Å². The predicted octanol–water partition coefficient (Wildman–Crippen LogP) is 5.27. The molecular formula is C26H42O12. The van der Waals surface area contributed by atoms with Crippen LogP contribution in [0.1, 0.15) is 122 Å². The highest BCUT2D eigenvalue weighted by atomic mass is 16.7. The Hall–Kier alpha value is -3.02. The molecule has 0 bridgehead atoms. The average Bonchev–Trinajstić information content (AvgIpc) is 2.80. The standard InChI is InChI=1S/C26H42O12/c1-2-3-4-5-6-7-8-9-10-11-12-13-14-15-16-17-20(27)36-23(30)26(35,18-21(28)37-24(31)32)19-22(29)38-25(33)34/h35H,2-19H2,1H3,(H,31,32)(H,33,34). The molecule has 0 amide bonds. The second kappa shape index (κ2) is 21.0. The minimum absolute atomic E-state index is 0.167. The minimum Gasteiger partial charge on any atom is -0.449 e. The molecule has 0 atom stereocenters. The molecule has 12 nitrogen and oxygen atoms in total. The molecule has 0 fully saturated rings. The van der Waals surface area contributed by atoms with E-state index in [0.717, 1.165) is 19.3 Å². The lowest BCUT2D eigenvalue weighted by molar-refractivity contribution is -0.181. The van der Waals surface area contributed by atoms with Crippen LogP contribution in [0.5, 0.6) is 0 Å². The first-order valence-corrected chi connectivity index (χ1v) is 13.3. The third-order valence-electron chi connectivity index (χ3n) is 5.85. The summed E-state index contributed by atoms with van der Waals surface area (Å²) in [6, 6.07) is 0. The van der Waals surface area contributed by atoms with Crippen molar-refractivity contribution in [3.8, 4) is 0 Å². The van der Waals surface area contributed by atoms with Crippen molar-refractivity contribution >= 4 is 36.2 Å². The zero-order valence-corrected chi connectivity index (χ0v) is 22.2. The number of hydrogen-bond acceptors (Lipinski definition) is 10. The number of ether oxygens (including phenoxy) is 3. The topological polar surface area (TPSA) is 191 Å². The van der Waals surface area contributed by atoms with E-state index in [-0.39, 0.29) is 6.42 Å². The van der Waals surface area contributed by atoms with E-state index in [0.29, 0.717) is 12.8 Å². The van der Waals surface area contributed by atoms with E-state index in [1.54, 1.807) is 0 Å². The first-order chi connectivity index (χ1) is 18.0. The SMILES string of the molecule is CCCCCCCCCCCCCCCCCC(=O)OC(=O)C(O)(CC(=O)OC(=O)O)CC(=O)OC(=O)O. The molecule has 0 aliphatic carbocycles. The second-order valence-corrected chi connectivity index (χ2v) is 9.33. The molecule has 0 aromatic rings. The molecule has 0 unspecified atom stereocenters. The molecule has 0 aliphatic heterocycles. The summed E-state index contributed by atoms with van der Waals surface area (Å²) in [5.41, 5.74) is -3.07. The van der Waals surface area contributed by atoms with Gasteiger partial charge in [-0.25, -0.2) is 14.4 Å². The summed E-state index contributed by atoms with van der Waals surface area (Å²) >= 11 is 0. The fourth-order valence-corrected chi connectivity index (χ4v) is 3.84. The molecule has 0 rings (SSSR count). The van der Waals surface area contributed by atoms with Gasteiger partial charge in [-0.3, -0.25) is 14.4 Å². The van der Waals surface area contributed by atoms with Gasteiger partial charge in [-0.2, -0.15) is 0 Å². The van der Waals surface area contributed by atoms with Crippen molar-refractivity contribution in [2.75, 3.05) is 0 Å². The van der Waals surface area contributed by atoms with Crippen LogP contribution in [-0.4, -0.2) is 57.1 Å². The summed E-state index contributed by atoms with van der Waals surface area (Å²) in [6.07, 6.45) is 9.90. The Morgan fingerprint density at radius 2 is 0.868 bits per heavy atom. The Bertz CT molecular complexity index is 731. The minimum atomic E-state index is -3.07. The van der Waals surface area contributed by atoms with Crippen molar-refractivity contribution < 1.29 is 58.3 Å². The van der Waals surface area contributed by atoms with Crippen LogP contribution < -0.4 is 0 Å². The van der Waals surface area contributed by atoms with Gasteiger partial charge in [-0.15, -0.1) is 0 Å². The summed E-state index contributed by atoms with van der Waals surface area (Å²) in [4.78, 5) is 68.3. The number of hydrogen-bond donors (Lipinski definition) is 3. The van der Waals surface area contributed by atoms with E-state index in [1.165, 1.54) is 64.2 Å². The Kier molecular flexibility index (Phi) is 19.3. The van der Waals surface area contributed by atoms with Crippen LogP contribution >= 0.6 is 0 Å². The molecule has 3 N–H and O–H groups in total. The summed E-state index contributed by atoms with van der Waals surface area (Å²) in [5.74, 6) is -6.01. The predicted molar refractivity (Wildman–Crippen MR) is 133 cm³/mol. The lowest BCUT2D eigenvalue weighted by Crippen LogP contribution is -2.45. The highest BCUT2D eigenvalue weighted by Gasteiger charge is 2.45. The van der Waals surface area contributed by atoms with Crippen molar-refractivity contribution in [3.63, 3.8) is 0 Å². The van der Waals surface area contributed by atoms with E-state index in [2.05, 4.69) is 21.1 Å². The Labute approximate surface area is 223 Å². The molecule has 0 saturated heterocycles. The van der Waals surface area contributed by atoms with Crippen LogP contribution in [-0.2, 0) is 33.4 Å². The fraction of sp³-hybridized carbons (Fsp3) is 0.769. The summed E-state index contributed by atoms with van der Waals surface area (Å²) < 4.78 is 12.1. The molecule has 0 saturated carbocycles. The Morgan fingerprint density at radius 1 is 0.526 bits per heavy atom. The Morgan fingerprint density at radius 3 is 1.21 bits per heavy atom. The van der Waals surface area contributed by atoms with Crippen LogP contribution in [0.3, 0.4) is 0 Å². The number of carbonyl (C=O) groups excluding carboxylic acids is 4. The molecule has 38 heavy (non-hydrogen) atoms. The van der Waals surface area contributed by atoms with Crippen LogP contribution in [0.25, 0.3) is 0 Å². The molecule has 0 heterocycles. The van der Waals surface area contributed by atoms with Gasteiger partial charge >= 0.3 is 36.2 Å². The summed E-state index contributed by atoms with van der Waals surface area (Å²) in [5, 5.41) is 27.3. The number of aliphatic hydroxyl groups is 1. The van der Waals surface area contributed by atoms with Crippen molar-refractivity contribution in [2.24, 2.45) is 0 Å².